The van der Waals surface area contributed by atoms with Gasteiger partial charge in [0.1, 0.15) is 5.75 Å². The van der Waals surface area contributed by atoms with E-state index in [-0.39, 0.29) is 5.91 Å². The number of ether oxygens (including phenoxy) is 1. The molecule has 0 saturated heterocycles. The van der Waals surface area contributed by atoms with Crippen molar-refractivity contribution < 1.29 is 9.53 Å². The number of hydrogen-bond donors (Lipinski definition) is 0. The Balaban J connectivity index is 1.93. The molecular weight excluding hydrogens is 260 g/mol. The summed E-state index contributed by atoms with van der Waals surface area (Å²) in [6.45, 7) is 0. The minimum atomic E-state index is 0.0674. The number of methoxy groups -OCH3 is 1. The van der Waals surface area contributed by atoms with Crippen LogP contribution in [0.25, 0.3) is 0 Å². The number of thiazole rings is 1. The summed E-state index contributed by atoms with van der Waals surface area (Å²) >= 11 is 1.46. The molecule has 2 rings (SSSR count). The molecule has 19 heavy (non-hydrogen) atoms. The summed E-state index contributed by atoms with van der Waals surface area (Å²) in [5.74, 6) is 0.885. The van der Waals surface area contributed by atoms with Gasteiger partial charge in [-0.05, 0) is 24.1 Å². The zero-order valence-corrected chi connectivity index (χ0v) is 11.8. The standard InChI is InChI=1S/C14H16N2O2S/c1-16(14-15-8-9-19-14)13(17)7-6-11-4-3-5-12(10-11)18-2/h3-5,8-10H,6-7H2,1-2H3. The molecule has 4 nitrogen and oxygen atoms in total. The van der Waals surface area contributed by atoms with Crippen LogP contribution in [0.3, 0.4) is 0 Å². The lowest BCUT2D eigenvalue weighted by molar-refractivity contribution is -0.118. The van der Waals surface area contributed by atoms with Crippen molar-refractivity contribution in [2.75, 3.05) is 19.1 Å². The first-order valence-electron chi connectivity index (χ1n) is 5.99. The topological polar surface area (TPSA) is 42.4 Å². The second-order valence-electron chi connectivity index (χ2n) is 4.12. The fourth-order valence-electron chi connectivity index (χ4n) is 1.74. The van der Waals surface area contributed by atoms with E-state index in [4.69, 9.17) is 4.74 Å². The van der Waals surface area contributed by atoms with Crippen LogP contribution in [0.1, 0.15) is 12.0 Å². The van der Waals surface area contributed by atoms with Crippen LogP contribution in [0, 0.1) is 0 Å². The van der Waals surface area contributed by atoms with E-state index < -0.39 is 0 Å². The molecule has 0 radical (unpaired) electrons. The van der Waals surface area contributed by atoms with Crippen molar-refractivity contribution in [1.82, 2.24) is 4.98 Å². The van der Waals surface area contributed by atoms with Gasteiger partial charge in [0.2, 0.25) is 5.91 Å². The average molecular weight is 276 g/mol. The number of anilines is 1. The number of benzene rings is 1. The van der Waals surface area contributed by atoms with Crippen molar-refractivity contribution in [2.24, 2.45) is 0 Å². The molecule has 0 N–H and O–H groups in total. The Kier molecular flexibility index (Phi) is 4.52. The predicted molar refractivity (Wildman–Crippen MR) is 76.8 cm³/mol. The van der Waals surface area contributed by atoms with Crippen molar-refractivity contribution in [3.8, 4) is 5.75 Å². The first-order valence-corrected chi connectivity index (χ1v) is 6.87. The summed E-state index contributed by atoms with van der Waals surface area (Å²) in [6.07, 6.45) is 2.86. The third kappa shape index (κ3) is 3.54. The molecule has 0 aliphatic rings. The molecule has 100 valence electrons. The molecule has 1 heterocycles. The van der Waals surface area contributed by atoms with Crippen LogP contribution in [0.5, 0.6) is 5.75 Å². The zero-order valence-electron chi connectivity index (χ0n) is 11.0. The van der Waals surface area contributed by atoms with Crippen LogP contribution in [-0.4, -0.2) is 25.0 Å². The molecule has 0 spiro atoms. The van der Waals surface area contributed by atoms with Crippen LogP contribution >= 0.6 is 11.3 Å². The van der Waals surface area contributed by atoms with Crippen LogP contribution < -0.4 is 9.64 Å². The summed E-state index contributed by atoms with van der Waals surface area (Å²) in [6, 6.07) is 7.78. The van der Waals surface area contributed by atoms with Gasteiger partial charge < -0.3 is 4.74 Å². The van der Waals surface area contributed by atoms with Crippen LogP contribution in [0.15, 0.2) is 35.8 Å². The smallest absolute Gasteiger partial charge is 0.228 e. The van der Waals surface area contributed by atoms with E-state index in [1.54, 1.807) is 25.3 Å². The van der Waals surface area contributed by atoms with Crippen LogP contribution in [-0.2, 0) is 11.2 Å². The van der Waals surface area contributed by atoms with Gasteiger partial charge in [-0.2, -0.15) is 0 Å². The molecule has 0 fully saturated rings. The normalized spacial score (nSPS) is 10.2. The van der Waals surface area contributed by atoms with E-state index in [0.29, 0.717) is 12.8 Å². The van der Waals surface area contributed by atoms with E-state index in [1.165, 1.54) is 11.3 Å². The van der Waals surface area contributed by atoms with Crippen LogP contribution in [0.4, 0.5) is 5.13 Å². The molecular formula is C14H16N2O2S. The van der Waals surface area contributed by atoms with E-state index in [9.17, 15) is 4.79 Å². The molecule has 0 unspecified atom stereocenters. The molecule has 2 aromatic rings. The zero-order chi connectivity index (χ0) is 13.7. The van der Waals surface area contributed by atoms with E-state index in [1.807, 2.05) is 29.6 Å². The molecule has 1 aromatic heterocycles. The molecule has 0 saturated carbocycles. The molecule has 1 amide bonds. The van der Waals surface area contributed by atoms with Crippen molar-refractivity contribution in [3.63, 3.8) is 0 Å². The van der Waals surface area contributed by atoms with Gasteiger partial charge in [0, 0.05) is 25.0 Å². The molecule has 0 aliphatic carbocycles. The number of aryl methyl sites for hydroxylation is 1. The third-order valence-electron chi connectivity index (χ3n) is 2.84. The first kappa shape index (κ1) is 13.5. The summed E-state index contributed by atoms with van der Waals surface area (Å²) in [5.41, 5.74) is 1.10. The third-order valence-corrected chi connectivity index (χ3v) is 3.69. The number of rotatable bonds is 5. The maximum Gasteiger partial charge on any atom is 0.228 e. The van der Waals surface area contributed by atoms with E-state index in [0.717, 1.165) is 16.4 Å². The number of carbonyl (C=O) groups is 1. The highest BCUT2D eigenvalue weighted by Gasteiger charge is 2.12. The fourth-order valence-corrected chi connectivity index (χ4v) is 2.36. The Hall–Kier alpha value is -1.88. The molecule has 5 heteroatoms. The van der Waals surface area contributed by atoms with Crippen LogP contribution in [0.2, 0.25) is 0 Å². The van der Waals surface area contributed by atoms with Gasteiger partial charge in [0.05, 0.1) is 7.11 Å². The quantitative estimate of drug-likeness (QED) is 0.843. The molecule has 1 aromatic carbocycles. The highest BCUT2D eigenvalue weighted by molar-refractivity contribution is 7.13. The van der Waals surface area contributed by atoms with Gasteiger partial charge in [-0.15, -0.1) is 11.3 Å². The summed E-state index contributed by atoms with van der Waals surface area (Å²) in [7, 11) is 3.40. The van der Waals surface area contributed by atoms with E-state index in [2.05, 4.69) is 4.98 Å². The van der Waals surface area contributed by atoms with Crippen molar-refractivity contribution in [1.29, 1.82) is 0 Å². The minimum Gasteiger partial charge on any atom is -0.497 e. The van der Waals surface area contributed by atoms with Crippen molar-refractivity contribution >= 4 is 22.4 Å². The lowest BCUT2D eigenvalue weighted by Gasteiger charge is -2.13. The monoisotopic (exact) mass is 276 g/mol. The highest BCUT2D eigenvalue weighted by atomic mass is 32.1. The maximum atomic E-state index is 12.0. The largest absolute Gasteiger partial charge is 0.497 e. The summed E-state index contributed by atoms with van der Waals surface area (Å²) in [5, 5.41) is 2.59. The predicted octanol–water partition coefficient (Wildman–Crippen LogP) is 2.75. The van der Waals surface area contributed by atoms with Gasteiger partial charge in [-0.3, -0.25) is 9.69 Å². The van der Waals surface area contributed by atoms with Gasteiger partial charge >= 0.3 is 0 Å². The summed E-state index contributed by atoms with van der Waals surface area (Å²) < 4.78 is 5.16. The number of aromatic nitrogens is 1. The second kappa shape index (κ2) is 6.33. The minimum absolute atomic E-state index is 0.0674. The Bertz CT molecular complexity index is 540. The lowest BCUT2D eigenvalue weighted by atomic mass is 10.1. The fraction of sp³-hybridized carbons (Fsp3) is 0.286. The van der Waals surface area contributed by atoms with Crippen molar-refractivity contribution in [3.05, 3.63) is 41.4 Å². The van der Waals surface area contributed by atoms with Gasteiger partial charge in [0.25, 0.3) is 0 Å². The maximum absolute atomic E-state index is 12.0. The number of hydrogen-bond acceptors (Lipinski definition) is 4. The molecule has 0 atom stereocenters. The first-order chi connectivity index (χ1) is 9.20. The summed E-state index contributed by atoms with van der Waals surface area (Å²) in [4.78, 5) is 17.8. The SMILES string of the molecule is COc1cccc(CCC(=O)N(C)c2nccs2)c1. The number of amides is 1. The number of carbonyl (C=O) groups excluding carboxylic acids is 1. The number of nitrogens with zero attached hydrogens (tertiary/aromatic N) is 2. The highest BCUT2D eigenvalue weighted by Crippen LogP contribution is 2.18. The second-order valence-corrected chi connectivity index (χ2v) is 4.99. The van der Waals surface area contributed by atoms with Crippen molar-refractivity contribution in [2.45, 2.75) is 12.8 Å². The van der Waals surface area contributed by atoms with Gasteiger partial charge in [-0.25, -0.2) is 4.98 Å². The van der Waals surface area contributed by atoms with E-state index >= 15 is 0 Å². The van der Waals surface area contributed by atoms with Gasteiger partial charge in [-0.1, -0.05) is 12.1 Å². The molecule has 0 aliphatic heterocycles. The molecule has 0 bridgehead atoms. The Labute approximate surface area is 116 Å². The Morgan fingerprint density at radius 2 is 2.32 bits per heavy atom. The Morgan fingerprint density at radius 3 is 3.00 bits per heavy atom. The average Bonchev–Trinajstić information content (AvgIpc) is 2.98. The van der Waals surface area contributed by atoms with Gasteiger partial charge in [0.15, 0.2) is 5.13 Å². The lowest BCUT2D eigenvalue weighted by Crippen LogP contribution is -2.26. The Morgan fingerprint density at radius 1 is 1.47 bits per heavy atom.